The standard InChI is InChI=1S/C22H18BrN3O5/c23-11-4-3-5-12(10-11)26-19(29)17-15(8-9-16(27)28)25-22(18(17)20(26)30)13-6-1-2-7-14(13)24-21(22)31/h1-7,10,15,17-18,25H,8-9H2,(H,24,31)(H,27,28)/t15-,17+,18+,22+/m0/s1. The Hall–Kier alpha value is -3.04. The number of rotatable bonds is 4. The lowest BCUT2D eigenvalue weighted by Gasteiger charge is -2.29. The molecule has 0 bridgehead atoms. The summed E-state index contributed by atoms with van der Waals surface area (Å²) in [5, 5.41) is 15.2. The molecule has 5 rings (SSSR count). The van der Waals surface area contributed by atoms with Crippen LogP contribution in [0.3, 0.4) is 0 Å². The van der Waals surface area contributed by atoms with Crippen molar-refractivity contribution in [2.75, 3.05) is 10.2 Å². The van der Waals surface area contributed by atoms with Crippen molar-refractivity contribution in [3.8, 4) is 0 Å². The van der Waals surface area contributed by atoms with Crippen LogP contribution in [0.5, 0.6) is 0 Å². The van der Waals surface area contributed by atoms with Gasteiger partial charge in [-0.05, 0) is 30.7 Å². The molecule has 2 fully saturated rings. The van der Waals surface area contributed by atoms with Gasteiger partial charge in [-0.15, -0.1) is 0 Å². The number of nitrogens with zero attached hydrogens (tertiary/aromatic N) is 1. The van der Waals surface area contributed by atoms with Crippen LogP contribution in [-0.2, 0) is 24.7 Å². The molecule has 2 saturated heterocycles. The number of carboxylic acid groups (broad SMARTS) is 1. The maximum atomic E-state index is 13.7. The Morgan fingerprint density at radius 1 is 1.10 bits per heavy atom. The van der Waals surface area contributed by atoms with E-state index < -0.39 is 47.1 Å². The lowest BCUT2D eigenvalue weighted by molar-refractivity contribution is -0.137. The van der Waals surface area contributed by atoms with Crippen molar-refractivity contribution in [3.63, 3.8) is 0 Å². The first-order valence-corrected chi connectivity index (χ1v) is 10.7. The molecule has 0 aliphatic carbocycles. The van der Waals surface area contributed by atoms with Gasteiger partial charge < -0.3 is 10.4 Å². The quantitative estimate of drug-likeness (QED) is 0.574. The molecular formula is C22H18BrN3O5. The Kier molecular flexibility index (Phi) is 4.49. The molecule has 3 N–H and O–H groups in total. The number of amides is 3. The van der Waals surface area contributed by atoms with Crippen LogP contribution >= 0.6 is 15.9 Å². The Morgan fingerprint density at radius 3 is 2.61 bits per heavy atom. The van der Waals surface area contributed by atoms with E-state index in [-0.39, 0.29) is 12.8 Å². The average Bonchev–Trinajstić information content (AvgIpc) is 3.31. The number of benzene rings is 2. The van der Waals surface area contributed by atoms with Crippen LogP contribution in [0.2, 0.25) is 0 Å². The fraction of sp³-hybridized carbons (Fsp3) is 0.273. The fourth-order valence-corrected chi connectivity index (χ4v) is 5.54. The van der Waals surface area contributed by atoms with Gasteiger partial charge in [-0.25, -0.2) is 4.90 Å². The van der Waals surface area contributed by atoms with Crippen molar-refractivity contribution in [2.45, 2.75) is 24.4 Å². The van der Waals surface area contributed by atoms with Crippen LogP contribution in [0.25, 0.3) is 0 Å². The monoisotopic (exact) mass is 483 g/mol. The zero-order valence-electron chi connectivity index (χ0n) is 16.2. The lowest BCUT2D eigenvalue weighted by Crippen LogP contribution is -2.53. The zero-order valence-corrected chi connectivity index (χ0v) is 17.8. The van der Waals surface area contributed by atoms with E-state index in [0.717, 1.165) is 4.90 Å². The van der Waals surface area contributed by atoms with Crippen molar-refractivity contribution in [1.82, 2.24) is 5.32 Å². The van der Waals surface area contributed by atoms with E-state index in [1.165, 1.54) is 0 Å². The van der Waals surface area contributed by atoms with E-state index in [2.05, 4.69) is 26.6 Å². The van der Waals surface area contributed by atoms with E-state index in [9.17, 15) is 24.3 Å². The first kappa shape index (κ1) is 19.9. The highest BCUT2D eigenvalue weighted by atomic mass is 79.9. The number of halogens is 1. The summed E-state index contributed by atoms with van der Waals surface area (Å²) in [4.78, 5) is 52.8. The largest absolute Gasteiger partial charge is 0.481 e. The number of nitrogens with one attached hydrogen (secondary N) is 2. The van der Waals surface area contributed by atoms with Crippen LogP contribution < -0.4 is 15.5 Å². The summed E-state index contributed by atoms with van der Waals surface area (Å²) >= 11 is 3.36. The first-order chi connectivity index (χ1) is 14.8. The second-order valence-electron chi connectivity index (χ2n) is 7.99. The van der Waals surface area contributed by atoms with Gasteiger partial charge in [-0.2, -0.15) is 0 Å². The molecule has 2 aromatic carbocycles. The van der Waals surface area contributed by atoms with Gasteiger partial charge in [0.1, 0.15) is 5.54 Å². The number of aliphatic carboxylic acids is 1. The predicted octanol–water partition coefficient (Wildman–Crippen LogP) is 2.24. The molecule has 3 aliphatic rings. The molecule has 3 amide bonds. The smallest absolute Gasteiger partial charge is 0.303 e. The van der Waals surface area contributed by atoms with Crippen LogP contribution in [-0.4, -0.2) is 34.8 Å². The summed E-state index contributed by atoms with van der Waals surface area (Å²) in [6.07, 6.45) is -0.0579. The third-order valence-corrected chi connectivity index (χ3v) is 6.85. The average molecular weight is 484 g/mol. The minimum absolute atomic E-state index is 0.124. The van der Waals surface area contributed by atoms with Crippen molar-refractivity contribution in [1.29, 1.82) is 0 Å². The fourth-order valence-electron chi connectivity index (χ4n) is 5.16. The topological polar surface area (TPSA) is 116 Å². The van der Waals surface area contributed by atoms with E-state index in [0.29, 0.717) is 21.4 Å². The minimum Gasteiger partial charge on any atom is -0.481 e. The highest BCUT2D eigenvalue weighted by molar-refractivity contribution is 9.10. The van der Waals surface area contributed by atoms with Gasteiger partial charge in [-0.1, -0.05) is 40.2 Å². The van der Waals surface area contributed by atoms with Gasteiger partial charge in [0.15, 0.2) is 0 Å². The molecule has 0 radical (unpaired) electrons. The number of fused-ring (bicyclic) bond motifs is 4. The van der Waals surface area contributed by atoms with Crippen molar-refractivity contribution >= 4 is 51.0 Å². The predicted molar refractivity (Wildman–Crippen MR) is 114 cm³/mol. The van der Waals surface area contributed by atoms with Crippen molar-refractivity contribution in [3.05, 3.63) is 58.6 Å². The number of carbonyl (C=O) groups excluding carboxylic acids is 3. The molecule has 8 nitrogen and oxygen atoms in total. The molecule has 4 atom stereocenters. The molecule has 9 heteroatoms. The Bertz CT molecular complexity index is 1150. The van der Waals surface area contributed by atoms with E-state index in [4.69, 9.17) is 0 Å². The second kappa shape index (κ2) is 7.00. The number of hydrogen-bond acceptors (Lipinski definition) is 5. The van der Waals surface area contributed by atoms with Crippen LogP contribution in [0, 0.1) is 11.8 Å². The van der Waals surface area contributed by atoms with Gasteiger partial charge in [0, 0.05) is 28.2 Å². The molecule has 0 saturated carbocycles. The van der Waals surface area contributed by atoms with Gasteiger partial charge in [0.25, 0.3) is 0 Å². The molecule has 1 spiro atoms. The van der Waals surface area contributed by atoms with E-state index in [1.54, 1.807) is 48.5 Å². The Labute approximate surface area is 185 Å². The number of imide groups is 1. The summed E-state index contributed by atoms with van der Waals surface area (Å²) in [6.45, 7) is 0. The maximum absolute atomic E-state index is 13.7. The molecule has 3 heterocycles. The summed E-state index contributed by atoms with van der Waals surface area (Å²) in [7, 11) is 0. The normalized spacial score (nSPS) is 28.7. The summed E-state index contributed by atoms with van der Waals surface area (Å²) < 4.78 is 0.710. The highest BCUT2D eigenvalue weighted by Crippen LogP contribution is 2.54. The first-order valence-electron chi connectivity index (χ1n) is 9.88. The van der Waals surface area contributed by atoms with Gasteiger partial charge in [0.2, 0.25) is 17.7 Å². The number of para-hydroxylation sites is 1. The Balaban J connectivity index is 1.65. The number of carboxylic acids is 1. The third-order valence-electron chi connectivity index (χ3n) is 6.36. The number of anilines is 2. The molecule has 2 aromatic rings. The minimum atomic E-state index is -1.42. The lowest BCUT2D eigenvalue weighted by atomic mass is 9.76. The Morgan fingerprint density at radius 2 is 1.87 bits per heavy atom. The van der Waals surface area contributed by atoms with Crippen LogP contribution in [0.1, 0.15) is 18.4 Å². The van der Waals surface area contributed by atoms with E-state index >= 15 is 0 Å². The van der Waals surface area contributed by atoms with Crippen LogP contribution in [0.4, 0.5) is 11.4 Å². The zero-order chi connectivity index (χ0) is 21.9. The summed E-state index contributed by atoms with van der Waals surface area (Å²) in [5.74, 6) is -4.12. The SMILES string of the molecule is O=C(O)CC[C@@H]1N[C@@]2(C(=O)Nc3ccccc32)[C@H]2C(=O)N(c3cccc(Br)c3)C(=O)[C@H]12. The maximum Gasteiger partial charge on any atom is 0.303 e. The van der Waals surface area contributed by atoms with Crippen molar-refractivity contribution in [2.24, 2.45) is 11.8 Å². The van der Waals surface area contributed by atoms with Gasteiger partial charge in [0.05, 0.1) is 17.5 Å². The van der Waals surface area contributed by atoms with E-state index in [1.807, 2.05) is 0 Å². The molecule has 31 heavy (non-hydrogen) atoms. The molecular weight excluding hydrogens is 466 g/mol. The molecule has 0 aromatic heterocycles. The number of hydrogen-bond donors (Lipinski definition) is 3. The van der Waals surface area contributed by atoms with Gasteiger partial charge >= 0.3 is 5.97 Å². The number of carbonyl (C=O) groups is 4. The van der Waals surface area contributed by atoms with Crippen molar-refractivity contribution < 1.29 is 24.3 Å². The third kappa shape index (κ3) is 2.76. The summed E-state index contributed by atoms with van der Waals surface area (Å²) in [5.41, 5.74) is 0.180. The van der Waals surface area contributed by atoms with Gasteiger partial charge in [-0.3, -0.25) is 24.5 Å². The second-order valence-corrected chi connectivity index (χ2v) is 8.90. The van der Waals surface area contributed by atoms with Crippen LogP contribution in [0.15, 0.2) is 53.0 Å². The highest BCUT2D eigenvalue weighted by Gasteiger charge is 2.70. The summed E-state index contributed by atoms with van der Waals surface area (Å²) in [6, 6.07) is 13.3. The molecule has 158 valence electrons. The molecule has 3 aliphatic heterocycles. The molecule has 0 unspecified atom stereocenters.